The molecule has 1 saturated heterocycles. The number of carbonyl (C=O) groups is 1. The van der Waals surface area contributed by atoms with Crippen LogP contribution in [0, 0.1) is 5.92 Å². The molecule has 0 unspecified atom stereocenters. The lowest BCUT2D eigenvalue weighted by Gasteiger charge is -2.32. The number of allylic oxidation sites excluding steroid dienone is 1. The maximum absolute atomic E-state index is 13.8. The zero-order chi connectivity index (χ0) is 21.9. The molecule has 1 amide bonds. The largest absolute Gasteiger partial charge is 0.342 e. The Morgan fingerprint density at radius 2 is 1.75 bits per heavy atom. The number of piperidine rings is 1. The number of likely N-dealkylation sites (tertiary alicyclic amines) is 1. The Morgan fingerprint density at radius 1 is 1.00 bits per heavy atom. The van der Waals surface area contributed by atoms with E-state index in [4.69, 9.17) is 4.98 Å². The van der Waals surface area contributed by atoms with Crippen LogP contribution in [0.15, 0.2) is 79.4 Å². The highest BCUT2D eigenvalue weighted by Crippen LogP contribution is 2.36. The van der Waals surface area contributed by atoms with Gasteiger partial charge < -0.3 is 4.90 Å². The third-order valence-corrected chi connectivity index (χ3v) is 7.65. The molecule has 32 heavy (non-hydrogen) atoms. The van der Waals surface area contributed by atoms with Crippen LogP contribution < -0.4 is 0 Å². The van der Waals surface area contributed by atoms with Crippen molar-refractivity contribution in [1.82, 2.24) is 9.88 Å². The molecule has 5 rings (SSSR count). The van der Waals surface area contributed by atoms with Gasteiger partial charge in [-0.25, -0.2) is 4.98 Å². The summed E-state index contributed by atoms with van der Waals surface area (Å²) < 4.78 is 1.13. The standard InChI is InChI=1S/C28H28N2OS/c1-2-21(18-20-14-15-22-10-4-5-11-23(22)19-20)26(28(31)30-16-8-3-9-17-30)27-29-24-12-6-7-13-25(24)32-27/h2,4-7,10-15,19,21,26H,1,3,8-9,16-18H2/t21-,26+/m1/s1. The predicted octanol–water partition coefficient (Wildman–Crippen LogP) is 6.59. The second kappa shape index (κ2) is 9.25. The fraction of sp³-hybridized carbons (Fsp3) is 0.286. The van der Waals surface area contributed by atoms with Crippen LogP contribution in [0.25, 0.3) is 21.0 Å². The Kier molecular flexibility index (Phi) is 6.04. The second-order valence-electron chi connectivity index (χ2n) is 8.67. The molecular formula is C28H28N2OS. The average molecular weight is 441 g/mol. The quantitative estimate of drug-likeness (QED) is 0.317. The molecule has 3 aromatic carbocycles. The zero-order valence-electron chi connectivity index (χ0n) is 18.2. The molecule has 1 aliphatic heterocycles. The van der Waals surface area contributed by atoms with Gasteiger partial charge in [-0.2, -0.15) is 0 Å². The number of nitrogens with zero attached hydrogens (tertiary/aromatic N) is 2. The molecule has 1 aliphatic rings. The third-order valence-electron chi connectivity index (χ3n) is 6.53. The van der Waals surface area contributed by atoms with Crippen molar-refractivity contribution in [1.29, 1.82) is 0 Å². The lowest BCUT2D eigenvalue weighted by molar-refractivity contribution is -0.134. The van der Waals surface area contributed by atoms with Crippen molar-refractivity contribution < 1.29 is 4.79 Å². The van der Waals surface area contributed by atoms with Gasteiger partial charge >= 0.3 is 0 Å². The van der Waals surface area contributed by atoms with Gasteiger partial charge in [0.05, 0.1) is 16.1 Å². The average Bonchev–Trinajstić information content (AvgIpc) is 3.27. The molecule has 0 bridgehead atoms. The maximum atomic E-state index is 13.8. The highest BCUT2D eigenvalue weighted by Gasteiger charge is 2.34. The molecule has 0 aliphatic carbocycles. The van der Waals surface area contributed by atoms with Crippen molar-refractivity contribution in [2.75, 3.05) is 13.1 Å². The van der Waals surface area contributed by atoms with Gasteiger partial charge in [-0.1, -0.05) is 60.7 Å². The topological polar surface area (TPSA) is 33.2 Å². The van der Waals surface area contributed by atoms with Crippen LogP contribution in [-0.2, 0) is 11.2 Å². The summed E-state index contributed by atoms with van der Waals surface area (Å²) in [7, 11) is 0. The van der Waals surface area contributed by atoms with Gasteiger partial charge in [0.15, 0.2) is 0 Å². The molecule has 0 spiro atoms. The number of thiazole rings is 1. The van der Waals surface area contributed by atoms with E-state index in [1.54, 1.807) is 11.3 Å². The van der Waals surface area contributed by atoms with E-state index in [0.29, 0.717) is 0 Å². The Morgan fingerprint density at radius 3 is 2.53 bits per heavy atom. The molecule has 0 N–H and O–H groups in total. The van der Waals surface area contributed by atoms with Gasteiger partial charge in [-0.3, -0.25) is 4.79 Å². The molecule has 0 saturated carbocycles. The summed E-state index contributed by atoms with van der Waals surface area (Å²) in [6.07, 6.45) is 6.11. The molecular weight excluding hydrogens is 412 g/mol. The third kappa shape index (κ3) is 4.20. The summed E-state index contributed by atoms with van der Waals surface area (Å²) in [5, 5.41) is 3.37. The Balaban J connectivity index is 1.51. The van der Waals surface area contributed by atoms with Crippen LogP contribution in [-0.4, -0.2) is 28.9 Å². The number of hydrogen-bond acceptors (Lipinski definition) is 3. The lowest BCUT2D eigenvalue weighted by atomic mass is 9.85. The van der Waals surface area contributed by atoms with Gasteiger partial charge in [0.1, 0.15) is 5.01 Å². The lowest BCUT2D eigenvalue weighted by Crippen LogP contribution is -2.41. The Labute approximate surface area is 193 Å². The number of amides is 1. The number of para-hydroxylation sites is 1. The van der Waals surface area contributed by atoms with E-state index in [0.717, 1.165) is 47.6 Å². The van der Waals surface area contributed by atoms with Gasteiger partial charge in [-0.15, -0.1) is 17.9 Å². The van der Waals surface area contributed by atoms with Gasteiger partial charge in [0.2, 0.25) is 5.91 Å². The molecule has 3 nitrogen and oxygen atoms in total. The van der Waals surface area contributed by atoms with Crippen LogP contribution >= 0.6 is 11.3 Å². The van der Waals surface area contributed by atoms with Crippen molar-refractivity contribution in [2.45, 2.75) is 31.6 Å². The van der Waals surface area contributed by atoms with E-state index in [9.17, 15) is 4.79 Å². The summed E-state index contributed by atoms with van der Waals surface area (Å²) in [5.74, 6) is -0.102. The number of hydrogen-bond donors (Lipinski definition) is 0. The van der Waals surface area contributed by atoms with Crippen LogP contribution in [0.1, 0.15) is 35.8 Å². The summed E-state index contributed by atoms with van der Waals surface area (Å²) in [6.45, 7) is 5.85. The van der Waals surface area contributed by atoms with E-state index < -0.39 is 0 Å². The zero-order valence-corrected chi connectivity index (χ0v) is 19.1. The Hall–Kier alpha value is -2.98. The minimum atomic E-state index is -0.297. The van der Waals surface area contributed by atoms with Gasteiger partial charge in [0, 0.05) is 13.1 Å². The molecule has 1 aromatic heterocycles. The first kappa shape index (κ1) is 20.9. The van der Waals surface area contributed by atoms with Crippen LogP contribution in [0.3, 0.4) is 0 Å². The number of rotatable bonds is 6. The minimum absolute atomic E-state index is 0.00819. The molecule has 4 heteroatoms. The van der Waals surface area contributed by atoms with Crippen molar-refractivity contribution in [3.63, 3.8) is 0 Å². The first-order valence-corrected chi connectivity index (χ1v) is 12.3. The summed E-state index contributed by atoms with van der Waals surface area (Å²) in [6, 6.07) is 23.2. The maximum Gasteiger partial charge on any atom is 0.233 e. The smallest absolute Gasteiger partial charge is 0.233 e. The van der Waals surface area contributed by atoms with Crippen LogP contribution in [0.2, 0.25) is 0 Å². The molecule has 2 atom stereocenters. The first-order chi connectivity index (χ1) is 15.7. The number of carbonyl (C=O) groups excluding carboxylic acids is 1. The molecule has 2 heterocycles. The number of benzene rings is 3. The molecule has 1 fully saturated rings. The summed E-state index contributed by atoms with van der Waals surface area (Å²) in [4.78, 5) is 20.8. The summed E-state index contributed by atoms with van der Waals surface area (Å²) in [5.41, 5.74) is 2.20. The molecule has 0 radical (unpaired) electrons. The van der Waals surface area contributed by atoms with E-state index in [2.05, 4.69) is 60.0 Å². The second-order valence-corrected chi connectivity index (χ2v) is 9.73. The first-order valence-electron chi connectivity index (χ1n) is 11.5. The number of fused-ring (bicyclic) bond motifs is 2. The van der Waals surface area contributed by atoms with Gasteiger partial charge in [-0.05, 0) is 60.1 Å². The van der Waals surface area contributed by atoms with Crippen molar-refractivity contribution in [3.05, 3.63) is 90.0 Å². The molecule has 4 aromatic rings. The van der Waals surface area contributed by atoms with Crippen molar-refractivity contribution in [2.24, 2.45) is 5.92 Å². The normalized spacial score (nSPS) is 16.2. The predicted molar refractivity (Wildman–Crippen MR) is 134 cm³/mol. The fourth-order valence-electron chi connectivity index (χ4n) is 4.78. The van der Waals surface area contributed by atoms with E-state index in [1.165, 1.54) is 22.8 Å². The van der Waals surface area contributed by atoms with E-state index in [-0.39, 0.29) is 17.7 Å². The van der Waals surface area contributed by atoms with Gasteiger partial charge in [0.25, 0.3) is 0 Å². The van der Waals surface area contributed by atoms with Crippen molar-refractivity contribution >= 4 is 38.2 Å². The fourth-order valence-corrected chi connectivity index (χ4v) is 5.92. The van der Waals surface area contributed by atoms with E-state index >= 15 is 0 Å². The monoisotopic (exact) mass is 440 g/mol. The molecule has 162 valence electrons. The van der Waals surface area contributed by atoms with Crippen molar-refractivity contribution in [3.8, 4) is 0 Å². The number of aromatic nitrogens is 1. The van der Waals surface area contributed by atoms with E-state index in [1.807, 2.05) is 24.3 Å². The highest BCUT2D eigenvalue weighted by molar-refractivity contribution is 7.18. The SMILES string of the molecule is C=C[C@H](Cc1ccc2ccccc2c1)[C@H](C(=O)N1CCCCC1)c1nc2ccccc2s1. The highest BCUT2D eigenvalue weighted by atomic mass is 32.1. The summed E-state index contributed by atoms with van der Waals surface area (Å²) >= 11 is 1.65. The minimum Gasteiger partial charge on any atom is -0.342 e. The Bertz CT molecular complexity index is 1220. The van der Waals surface area contributed by atoms with Crippen LogP contribution in [0.5, 0.6) is 0 Å². The van der Waals surface area contributed by atoms with Crippen LogP contribution in [0.4, 0.5) is 0 Å².